The summed E-state index contributed by atoms with van der Waals surface area (Å²) in [5.74, 6) is 1.47. The Morgan fingerprint density at radius 2 is 1.62 bits per heavy atom. The van der Waals surface area contributed by atoms with Crippen LogP contribution in [0.1, 0.15) is 5.56 Å². The third-order valence-electron chi connectivity index (χ3n) is 4.11. The van der Waals surface area contributed by atoms with Crippen LogP contribution in [0.2, 0.25) is 0 Å². The number of aromatic nitrogens is 2. The van der Waals surface area contributed by atoms with Crippen molar-refractivity contribution in [3.8, 4) is 5.75 Å². The Balaban J connectivity index is 1.37. The molecule has 0 spiro atoms. The first kappa shape index (κ1) is 18.4. The first-order valence-corrected chi connectivity index (χ1v) is 9.14. The van der Waals surface area contributed by atoms with E-state index in [1.807, 2.05) is 54.6 Å². The van der Waals surface area contributed by atoms with Crippen molar-refractivity contribution in [2.45, 2.75) is 6.61 Å². The van der Waals surface area contributed by atoms with E-state index >= 15 is 0 Å². The monoisotopic (exact) mass is 386 g/mol. The van der Waals surface area contributed by atoms with Gasteiger partial charge in [-0.3, -0.25) is 0 Å². The molecule has 2 N–H and O–H groups in total. The number of hydrogen-bond acceptors (Lipinski definition) is 5. The molecular formula is C23H19FN4O. The maximum atomic E-state index is 13.3. The molecule has 0 amide bonds. The van der Waals surface area contributed by atoms with Crippen LogP contribution in [-0.4, -0.2) is 9.97 Å². The summed E-state index contributed by atoms with van der Waals surface area (Å²) < 4.78 is 19.1. The van der Waals surface area contributed by atoms with Gasteiger partial charge in [-0.25, -0.2) is 9.37 Å². The minimum atomic E-state index is -0.308. The molecule has 0 aliphatic carbocycles. The minimum absolute atomic E-state index is 0.308. The molecule has 6 heteroatoms. The van der Waals surface area contributed by atoms with Gasteiger partial charge in [0.25, 0.3) is 0 Å². The Morgan fingerprint density at radius 3 is 2.41 bits per heavy atom. The highest BCUT2D eigenvalue weighted by atomic mass is 19.1. The molecule has 0 radical (unpaired) electrons. The number of hydrogen-bond donors (Lipinski definition) is 2. The zero-order valence-corrected chi connectivity index (χ0v) is 15.5. The zero-order chi connectivity index (χ0) is 19.9. The highest BCUT2D eigenvalue weighted by Gasteiger charge is 2.03. The summed E-state index contributed by atoms with van der Waals surface area (Å²) in [7, 11) is 0. The van der Waals surface area contributed by atoms with Crippen LogP contribution < -0.4 is 15.4 Å². The Labute approximate surface area is 168 Å². The van der Waals surface area contributed by atoms with Crippen molar-refractivity contribution in [3.63, 3.8) is 0 Å². The largest absolute Gasteiger partial charge is 0.489 e. The second-order valence-corrected chi connectivity index (χ2v) is 6.32. The second-order valence-electron chi connectivity index (χ2n) is 6.32. The van der Waals surface area contributed by atoms with Crippen LogP contribution in [0.5, 0.6) is 5.75 Å². The molecule has 3 aromatic carbocycles. The fourth-order valence-electron chi connectivity index (χ4n) is 2.71. The number of anilines is 4. The number of benzene rings is 3. The first-order chi connectivity index (χ1) is 14.2. The Kier molecular flexibility index (Phi) is 5.62. The third-order valence-corrected chi connectivity index (χ3v) is 4.11. The molecule has 4 aromatic rings. The molecule has 0 fully saturated rings. The number of rotatable bonds is 7. The van der Waals surface area contributed by atoms with Gasteiger partial charge in [0.15, 0.2) is 0 Å². The van der Waals surface area contributed by atoms with Gasteiger partial charge < -0.3 is 15.4 Å². The highest BCUT2D eigenvalue weighted by Crippen LogP contribution is 2.21. The molecule has 0 unspecified atom stereocenters. The summed E-state index contributed by atoms with van der Waals surface area (Å²) >= 11 is 0. The van der Waals surface area contributed by atoms with Crippen molar-refractivity contribution >= 4 is 23.1 Å². The van der Waals surface area contributed by atoms with Crippen molar-refractivity contribution in [3.05, 3.63) is 103 Å². The average molecular weight is 386 g/mol. The van der Waals surface area contributed by atoms with Gasteiger partial charge in [-0.15, -0.1) is 0 Å². The maximum Gasteiger partial charge on any atom is 0.229 e. The van der Waals surface area contributed by atoms with Crippen molar-refractivity contribution in [1.82, 2.24) is 9.97 Å². The third kappa shape index (κ3) is 5.29. The standard InChI is InChI=1S/C23H19FN4O/c24-18-7-4-8-20(15-18)26-22-13-14-25-23(28-22)27-19-9-11-21(12-10-19)29-16-17-5-2-1-3-6-17/h1-15H,16H2,(H2,25,26,27,28). The lowest BCUT2D eigenvalue weighted by atomic mass is 10.2. The van der Waals surface area contributed by atoms with Gasteiger partial charge in [0.1, 0.15) is 24.0 Å². The lowest BCUT2D eigenvalue weighted by Gasteiger charge is -2.10. The van der Waals surface area contributed by atoms with Crippen molar-refractivity contribution in [1.29, 1.82) is 0 Å². The Morgan fingerprint density at radius 1 is 0.793 bits per heavy atom. The van der Waals surface area contributed by atoms with E-state index in [4.69, 9.17) is 4.74 Å². The summed E-state index contributed by atoms with van der Waals surface area (Å²) in [4.78, 5) is 8.63. The van der Waals surface area contributed by atoms with E-state index < -0.39 is 0 Å². The van der Waals surface area contributed by atoms with Gasteiger partial charge in [0.05, 0.1) is 0 Å². The highest BCUT2D eigenvalue weighted by molar-refractivity contribution is 5.59. The summed E-state index contributed by atoms with van der Waals surface area (Å²) in [5.41, 5.74) is 2.57. The molecule has 0 aliphatic heterocycles. The Hall–Kier alpha value is -3.93. The summed E-state index contributed by atoms with van der Waals surface area (Å²) in [6, 6.07) is 25.5. The van der Waals surface area contributed by atoms with E-state index in [0.29, 0.717) is 24.1 Å². The van der Waals surface area contributed by atoms with E-state index in [1.54, 1.807) is 24.4 Å². The fourth-order valence-corrected chi connectivity index (χ4v) is 2.71. The second kappa shape index (κ2) is 8.84. The zero-order valence-electron chi connectivity index (χ0n) is 15.5. The van der Waals surface area contributed by atoms with Crippen LogP contribution in [0, 0.1) is 5.82 Å². The van der Waals surface area contributed by atoms with E-state index in [2.05, 4.69) is 20.6 Å². The van der Waals surface area contributed by atoms with E-state index in [0.717, 1.165) is 17.0 Å². The average Bonchev–Trinajstić information content (AvgIpc) is 2.74. The smallest absolute Gasteiger partial charge is 0.229 e. The van der Waals surface area contributed by atoms with E-state index in [9.17, 15) is 4.39 Å². The lowest BCUT2D eigenvalue weighted by Crippen LogP contribution is -2.00. The lowest BCUT2D eigenvalue weighted by molar-refractivity contribution is 0.306. The summed E-state index contributed by atoms with van der Waals surface area (Å²) in [6.45, 7) is 0.518. The number of halogens is 1. The maximum absolute atomic E-state index is 13.3. The van der Waals surface area contributed by atoms with Crippen LogP contribution in [0.15, 0.2) is 91.1 Å². The molecule has 0 saturated carbocycles. The van der Waals surface area contributed by atoms with Crippen molar-refractivity contribution in [2.75, 3.05) is 10.6 Å². The number of nitrogens with zero attached hydrogens (tertiary/aromatic N) is 2. The minimum Gasteiger partial charge on any atom is -0.489 e. The molecule has 0 atom stereocenters. The molecule has 1 aromatic heterocycles. The molecule has 5 nitrogen and oxygen atoms in total. The molecular weight excluding hydrogens is 367 g/mol. The molecule has 0 aliphatic rings. The van der Waals surface area contributed by atoms with E-state index in [-0.39, 0.29) is 5.82 Å². The van der Waals surface area contributed by atoms with Crippen LogP contribution in [0.4, 0.5) is 27.5 Å². The van der Waals surface area contributed by atoms with Crippen LogP contribution in [-0.2, 0) is 6.61 Å². The van der Waals surface area contributed by atoms with Gasteiger partial charge in [0.2, 0.25) is 5.95 Å². The first-order valence-electron chi connectivity index (χ1n) is 9.14. The fraction of sp³-hybridized carbons (Fsp3) is 0.0435. The number of nitrogens with one attached hydrogen (secondary N) is 2. The molecule has 144 valence electrons. The predicted octanol–water partition coefficient (Wildman–Crippen LogP) is 5.68. The number of ether oxygens (including phenoxy) is 1. The molecule has 0 bridgehead atoms. The van der Waals surface area contributed by atoms with Crippen molar-refractivity contribution < 1.29 is 9.13 Å². The van der Waals surface area contributed by atoms with Crippen LogP contribution >= 0.6 is 0 Å². The van der Waals surface area contributed by atoms with Crippen LogP contribution in [0.25, 0.3) is 0 Å². The van der Waals surface area contributed by atoms with E-state index in [1.165, 1.54) is 12.1 Å². The van der Waals surface area contributed by atoms with Gasteiger partial charge >= 0.3 is 0 Å². The Bertz CT molecular complexity index is 1070. The normalized spacial score (nSPS) is 10.4. The van der Waals surface area contributed by atoms with Crippen molar-refractivity contribution in [2.24, 2.45) is 0 Å². The molecule has 1 heterocycles. The van der Waals surface area contributed by atoms with Gasteiger partial charge in [-0.2, -0.15) is 4.98 Å². The summed E-state index contributed by atoms with van der Waals surface area (Å²) in [6.07, 6.45) is 1.63. The topological polar surface area (TPSA) is 59.1 Å². The van der Waals surface area contributed by atoms with Gasteiger partial charge in [-0.05, 0) is 54.1 Å². The molecule has 4 rings (SSSR count). The molecule has 0 saturated heterocycles. The molecule has 29 heavy (non-hydrogen) atoms. The van der Waals surface area contributed by atoms with Gasteiger partial charge in [0, 0.05) is 17.6 Å². The SMILES string of the molecule is Fc1cccc(Nc2ccnc(Nc3ccc(OCc4ccccc4)cc3)n2)c1. The predicted molar refractivity (Wildman–Crippen MR) is 112 cm³/mol. The van der Waals surface area contributed by atoms with Gasteiger partial charge in [-0.1, -0.05) is 36.4 Å². The quantitative estimate of drug-likeness (QED) is 0.428. The van der Waals surface area contributed by atoms with Crippen LogP contribution in [0.3, 0.4) is 0 Å². The summed E-state index contributed by atoms with van der Waals surface area (Å²) in [5, 5.41) is 6.21.